The number of ketones is 1. The number of hydrogen-bond donors (Lipinski definition) is 0. The molecule has 0 aromatic carbocycles. The van der Waals surface area contributed by atoms with Gasteiger partial charge in [0.25, 0.3) is 0 Å². The second-order valence-corrected chi connectivity index (χ2v) is 8.47. The van der Waals surface area contributed by atoms with E-state index in [9.17, 15) is 4.79 Å². The third-order valence-corrected chi connectivity index (χ3v) is 6.88. The van der Waals surface area contributed by atoms with Crippen molar-refractivity contribution in [3.63, 3.8) is 0 Å². The van der Waals surface area contributed by atoms with Crippen molar-refractivity contribution in [2.24, 2.45) is 28.6 Å². The Hall–Kier alpha value is -0.330. The number of hydrogen-bond acceptors (Lipinski definition) is 1. The summed E-state index contributed by atoms with van der Waals surface area (Å²) in [4.78, 5) is 12.5. The highest BCUT2D eigenvalue weighted by molar-refractivity contribution is 5.86. The highest BCUT2D eigenvalue weighted by Gasteiger charge is 2.59. The van der Waals surface area contributed by atoms with Crippen LogP contribution in [-0.4, -0.2) is 5.78 Å². The Bertz CT molecular complexity index is 359. The van der Waals surface area contributed by atoms with Crippen LogP contribution in [0.2, 0.25) is 0 Å². The molecular weight excluding hydrogens is 244 g/mol. The molecule has 0 bridgehead atoms. The van der Waals surface area contributed by atoms with Gasteiger partial charge >= 0.3 is 0 Å². The predicted octanol–water partition coefficient (Wildman–Crippen LogP) is 5.62. The molecule has 1 unspecified atom stereocenters. The summed E-state index contributed by atoms with van der Waals surface area (Å²) in [5, 5.41) is 0. The standard InChI is InChI=1S/C19H34O/c1-14(2)8-6-9-15(3)16-11-13-19(5)17(20)10-7-12-18(16,19)4/h14-16H,6-13H2,1-5H3/t15-,16?,18+,19-/m0/s1. The van der Waals surface area contributed by atoms with E-state index in [1.54, 1.807) is 0 Å². The Labute approximate surface area is 125 Å². The van der Waals surface area contributed by atoms with Crippen LogP contribution in [0.25, 0.3) is 0 Å². The van der Waals surface area contributed by atoms with E-state index >= 15 is 0 Å². The molecule has 1 nitrogen and oxygen atoms in total. The number of fused-ring (bicyclic) bond motifs is 1. The van der Waals surface area contributed by atoms with Crippen molar-refractivity contribution < 1.29 is 4.79 Å². The first kappa shape index (κ1) is 16.0. The maximum Gasteiger partial charge on any atom is 0.139 e. The summed E-state index contributed by atoms with van der Waals surface area (Å²) in [6, 6.07) is 0. The molecule has 0 N–H and O–H groups in total. The first-order chi connectivity index (χ1) is 9.31. The summed E-state index contributed by atoms with van der Waals surface area (Å²) in [6.07, 6.45) is 9.71. The fourth-order valence-corrected chi connectivity index (χ4v) is 5.23. The normalized spacial score (nSPS) is 39.1. The molecule has 20 heavy (non-hydrogen) atoms. The van der Waals surface area contributed by atoms with E-state index in [1.807, 2.05) is 0 Å². The lowest BCUT2D eigenvalue weighted by Crippen LogP contribution is -2.47. The van der Waals surface area contributed by atoms with Crippen LogP contribution < -0.4 is 0 Å². The van der Waals surface area contributed by atoms with Crippen LogP contribution >= 0.6 is 0 Å². The second-order valence-electron chi connectivity index (χ2n) is 8.47. The van der Waals surface area contributed by atoms with Crippen molar-refractivity contribution >= 4 is 5.78 Å². The Balaban J connectivity index is 2.04. The van der Waals surface area contributed by atoms with Crippen LogP contribution in [0, 0.1) is 28.6 Å². The molecular formula is C19H34O. The number of carbonyl (C=O) groups is 1. The quantitative estimate of drug-likeness (QED) is 0.637. The van der Waals surface area contributed by atoms with Gasteiger partial charge in [0, 0.05) is 11.8 Å². The summed E-state index contributed by atoms with van der Waals surface area (Å²) in [5.41, 5.74) is 0.266. The van der Waals surface area contributed by atoms with E-state index in [-0.39, 0.29) is 10.8 Å². The zero-order valence-corrected chi connectivity index (χ0v) is 14.3. The first-order valence-electron chi connectivity index (χ1n) is 8.84. The lowest BCUT2D eigenvalue weighted by atomic mass is 9.54. The van der Waals surface area contributed by atoms with E-state index in [0.29, 0.717) is 5.78 Å². The highest BCUT2D eigenvalue weighted by atomic mass is 16.1. The third-order valence-electron chi connectivity index (χ3n) is 6.88. The van der Waals surface area contributed by atoms with Gasteiger partial charge in [-0.05, 0) is 48.9 Å². The van der Waals surface area contributed by atoms with Gasteiger partial charge in [-0.15, -0.1) is 0 Å². The Morgan fingerprint density at radius 2 is 1.85 bits per heavy atom. The summed E-state index contributed by atoms with van der Waals surface area (Å²) in [7, 11) is 0. The van der Waals surface area contributed by atoms with Crippen LogP contribution in [0.4, 0.5) is 0 Å². The Morgan fingerprint density at radius 3 is 2.50 bits per heavy atom. The average Bonchev–Trinajstić information content (AvgIpc) is 2.63. The van der Waals surface area contributed by atoms with Gasteiger partial charge in [0.15, 0.2) is 0 Å². The molecule has 2 aliphatic rings. The molecule has 0 aromatic heterocycles. The largest absolute Gasteiger partial charge is 0.299 e. The van der Waals surface area contributed by atoms with E-state index in [0.717, 1.165) is 37.0 Å². The predicted molar refractivity (Wildman–Crippen MR) is 85.6 cm³/mol. The molecule has 4 atom stereocenters. The molecule has 2 aliphatic carbocycles. The molecule has 1 heteroatoms. The second kappa shape index (κ2) is 5.81. The summed E-state index contributed by atoms with van der Waals surface area (Å²) in [5.74, 6) is 2.93. The van der Waals surface area contributed by atoms with Gasteiger partial charge in [0.05, 0.1) is 0 Å². The summed E-state index contributed by atoms with van der Waals surface area (Å²) in [6.45, 7) is 11.8. The number of Topliss-reactive ketones (excluding diaryl/α,β-unsaturated/α-hetero) is 1. The van der Waals surface area contributed by atoms with Gasteiger partial charge < -0.3 is 0 Å². The van der Waals surface area contributed by atoms with Crippen LogP contribution in [0.3, 0.4) is 0 Å². The van der Waals surface area contributed by atoms with Crippen molar-refractivity contribution in [1.82, 2.24) is 0 Å². The van der Waals surface area contributed by atoms with E-state index < -0.39 is 0 Å². The minimum Gasteiger partial charge on any atom is -0.299 e. The molecule has 116 valence electrons. The average molecular weight is 278 g/mol. The Morgan fingerprint density at radius 1 is 1.15 bits per heavy atom. The van der Waals surface area contributed by atoms with E-state index in [1.165, 1.54) is 32.1 Å². The van der Waals surface area contributed by atoms with Crippen LogP contribution in [0.1, 0.15) is 86.0 Å². The fourth-order valence-electron chi connectivity index (χ4n) is 5.23. The van der Waals surface area contributed by atoms with Gasteiger partial charge in [-0.25, -0.2) is 0 Å². The molecule has 2 saturated carbocycles. The molecule has 0 aromatic rings. The third kappa shape index (κ3) is 2.57. The molecule has 0 heterocycles. The zero-order valence-electron chi connectivity index (χ0n) is 14.3. The molecule has 0 radical (unpaired) electrons. The smallest absolute Gasteiger partial charge is 0.139 e. The van der Waals surface area contributed by atoms with Crippen molar-refractivity contribution in [3.05, 3.63) is 0 Å². The maximum absolute atomic E-state index is 12.5. The minimum absolute atomic E-state index is 0.0117. The van der Waals surface area contributed by atoms with Gasteiger partial charge in [0.1, 0.15) is 5.78 Å². The topological polar surface area (TPSA) is 17.1 Å². The van der Waals surface area contributed by atoms with Crippen LogP contribution in [-0.2, 0) is 4.79 Å². The van der Waals surface area contributed by atoms with Gasteiger partial charge in [0.2, 0.25) is 0 Å². The van der Waals surface area contributed by atoms with Crippen LogP contribution in [0.15, 0.2) is 0 Å². The number of rotatable bonds is 5. The van der Waals surface area contributed by atoms with Crippen LogP contribution in [0.5, 0.6) is 0 Å². The lowest BCUT2D eigenvalue weighted by molar-refractivity contribution is -0.140. The summed E-state index contributed by atoms with van der Waals surface area (Å²) < 4.78 is 0. The molecule has 0 aliphatic heterocycles. The lowest BCUT2D eigenvalue weighted by Gasteiger charge is -2.48. The molecule has 2 rings (SSSR count). The van der Waals surface area contributed by atoms with Crippen molar-refractivity contribution in [3.8, 4) is 0 Å². The van der Waals surface area contributed by atoms with Crippen molar-refractivity contribution in [2.75, 3.05) is 0 Å². The monoisotopic (exact) mass is 278 g/mol. The Kier molecular flexibility index (Phi) is 4.66. The van der Waals surface area contributed by atoms with E-state index in [2.05, 4.69) is 34.6 Å². The first-order valence-corrected chi connectivity index (χ1v) is 8.84. The summed E-state index contributed by atoms with van der Waals surface area (Å²) >= 11 is 0. The van der Waals surface area contributed by atoms with Gasteiger partial charge in [-0.3, -0.25) is 4.79 Å². The molecule has 0 saturated heterocycles. The fraction of sp³-hybridized carbons (Fsp3) is 0.947. The minimum atomic E-state index is -0.0117. The van der Waals surface area contributed by atoms with E-state index in [4.69, 9.17) is 0 Å². The van der Waals surface area contributed by atoms with Gasteiger partial charge in [-0.1, -0.05) is 53.9 Å². The maximum atomic E-state index is 12.5. The highest BCUT2D eigenvalue weighted by Crippen LogP contribution is 2.63. The molecule has 2 fully saturated rings. The van der Waals surface area contributed by atoms with Crippen molar-refractivity contribution in [2.45, 2.75) is 86.0 Å². The molecule has 0 amide bonds. The number of carbonyl (C=O) groups excluding carboxylic acids is 1. The molecule has 0 spiro atoms. The van der Waals surface area contributed by atoms with Crippen molar-refractivity contribution in [1.29, 1.82) is 0 Å². The van der Waals surface area contributed by atoms with Gasteiger partial charge in [-0.2, -0.15) is 0 Å². The SMILES string of the molecule is CC(C)CCC[C@H](C)C1CC[C@@]2(C)C(=O)CCC[C@]12C. The zero-order chi connectivity index (χ0) is 15.0.